The molecule has 148 valence electrons. The largest absolute Gasteiger partial charge is 0.350 e. The molecule has 4 N–H and O–H groups in total. The summed E-state index contributed by atoms with van der Waals surface area (Å²) in [4.78, 5) is 37.9. The van der Waals surface area contributed by atoms with E-state index in [2.05, 4.69) is 10.6 Å². The average Bonchev–Trinajstić information content (AvgIpc) is 3.12. The van der Waals surface area contributed by atoms with Crippen molar-refractivity contribution < 1.29 is 14.4 Å². The number of carbonyl (C=O) groups is 3. The van der Waals surface area contributed by atoms with E-state index in [1.807, 2.05) is 44.2 Å². The van der Waals surface area contributed by atoms with Crippen molar-refractivity contribution in [3.05, 3.63) is 35.9 Å². The highest BCUT2D eigenvalue weighted by Gasteiger charge is 2.27. The number of likely N-dealkylation sites (tertiary alicyclic amines) is 1. The number of nitrogens with zero attached hydrogens (tertiary/aromatic N) is 1. The number of aryl methyl sites for hydroxylation is 1. The predicted octanol–water partition coefficient (Wildman–Crippen LogP) is 0.436. The number of carbonyl (C=O) groups excluding carboxylic acids is 3. The molecule has 1 heterocycles. The molecular formula is C20H30N4O3. The number of rotatable bonds is 8. The van der Waals surface area contributed by atoms with Gasteiger partial charge in [-0.3, -0.25) is 14.4 Å². The predicted molar refractivity (Wildman–Crippen MR) is 104 cm³/mol. The minimum Gasteiger partial charge on any atom is -0.350 e. The fourth-order valence-corrected chi connectivity index (χ4v) is 3.03. The number of hydrogen-bond donors (Lipinski definition) is 3. The van der Waals surface area contributed by atoms with Crippen LogP contribution in [0.25, 0.3) is 0 Å². The Bertz CT molecular complexity index is 648. The molecule has 0 aliphatic carbocycles. The van der Waals surface area contributed by atoms with Gasteiger partial charge < -0.3 is 21.3 Å². The highest BCUT2D eigenvalue weighted by Crippen LogP contribution is 2.12. The molecule has 1 unspecified atom stereocenters. The van der Waals surface area contributed by atoms with E-state index in [1.54, 1.807) is 4.90 Å². The summed E-state index contributed by atoms with van der Waals surface area (Å²) in [7, 11) is 0. The minimum atomic E-state index is -0.623. The van der Waals surface area contributed by atoms with Crippen molar-refractivity contribution in [3.8, 4) is 0 Å². The zero-order chi connectivity index (χ0) is 19.8. The molecule has 0 saturated carbocycles. The van der Waals surface area contributed by atoms with Crippen molar-refractivity contribution in [1.29, 1.82) is 0 Å². The lowest BCUT2D eigenvalue weighted by Crippen LogP contribution is -2.48. The first-order chi connectivity index (χ1) is 12.9. The fraction of sp³-hybridized carbons (Fsp3) is 0.550. The molecule has 7 heteroatoms. The maximum atomic E-state index is 12.3. The van der Waals surface area contributed by atoms with Crippen LogP contribution in [-0.4, -0.2) is 54.3 Å². The summed E-state index contributed by atoms with van der Waals surface area (Å²) in [6.45, 7) is 4.76. The van der Waals surface area contributed by atoms with Crippen LogP contribution in [0, 0.1) is 5.92 Å². The van der Waals surface area contributed by atoms with Gasteiger partial charge in [-0.25, -0.2) is 0 Å². The Hall–Kier alpha value is -2.41. The molecule has 1 aliphatic rings. The highest BCUT2D eigenvalue weighted by molar-refractivity contribution is 5.87. The third-order valence-corrected chi connectivity index (χ3v) is 4.82. The normalized spacial score (nSPS) is 17.6. The van der Waals surface area contributed by atoms with Gasteiger partial charge in [-0.05, 0) is 24.3 Å². The Morgan fingerprint density at radius 3 is 2.59 bits per heavy atom. The number of benzene rings is 1. The summed E-state index contributed by atoms with van der Waals surface area (Å²) in [6, 6.07) is 9.22. The first kappa shape index (κ1) is 20.9. The zero-order valence-corrected chi connectivity index (χ0v) is 16.1. The lowest BCUT2D eigenvalue weighted by atomic mass is 10.1. The Morgan fingerprint density at radius 2 is 1.93 bits per heavy atom. The second-order valence-corrected chi connectivity index (χ2v) is 7.37. The molecule has 0 spiro atoms. The average molecular weight is 374 g/mol. The van der Waals surface area contributed by atoms with Gasteiger partial charge in [0.2, 0.25) is 17.7 Å². The summed E-state index contributed by atoms with van der Waals surface area (Å²) in [6.07, 6.45) is 1.91. The van der Waals surface area contributed by atoms with Crippen LogP contribution in [-0.2, 0) is 20.8 Å². The molecule has 3 amide bonds. The van der Waals surface area contributed by atoms with Crippen LogP contribution < -0.4 is 16.4 Å². The van der Waals surface area contributed by atoms with E-state index in [-0.39, 0.29) is 36.2 Å². The maximum absolute atomic E-state index is 12.3. The highest BCUT2D eigenvalue weighted by atomic mass is 16.2. The lowest BCUT2D eigenvalue weighted by molar-refractivity contribution is -0.130. The van der Waals surface area contributed by atoms with E-state index in [0.29, 0.717) is 19.5 Å². The van der Waals surface area contributed by atoms with Crippen molar-refractivity contribution in [1.82, 2.24) is 15.5 Å². The van der Waals surface area contributed by atoms with Crippen molar-refractivity contribution in [2.24, 2.45) is 11.7 Å². The van der Waals surface area contributed by atoms with E-state index in [0.717, 1.165) is 18.4 Å². The van der Waals surface area contributed by atoms with Crippen LogP contribution in [0.4, 0.5) is 0 Å². The molecule has 1 saturated heterocycles. The third-order valence-electron chi connectivity index (χ3n) is 4.82. The van der Waals surface area contributed by atoms with Crippen molar-refractivity contribution >= 4 is 17.7 Å². The topological polar surface area (TPSA) is 105 Å². The first-order valence-electron chi connectivity index (χ1n) is 9.51. The Labute approximate surface area is 160 Å². The van der Waals surface area contributed by atoms with E-state index >= 15 is 0 Å². The van der Waals surface area contributed by atoms with Gasteiger partial charge in [-0.15, -0.1) is 0 Å². The summed E-state index contributed by atoms with van der Waals surface area (Å²) < 4.78 is 0. The van der Waals surface area contributed by atoms with E-state index in [4.69, 9.17) is 5.73 Å². The van der Waals surface area contributed by atoms with Gasteiger partial charge in [-0.1, -0.05) is 44.2 Å². The Balaban J connectivity index is 1.68. The number of amides is 3. The summed E-state index contributed by atoms with van der Waals surface area (Å²) >= 11 is 0. The van der Waals surface area contributed by atoms with Crippen molar-refractivity contribution in [2.75, 3.05) is 19.6 Å². The lowest BCUT2D eigenvalue weighted by Gasteiger charge is -2.18. The fourth-order valence-electron chi connectivity index (χ4n) is 3.03. The molecular weight excluding hydrogens is 344 g/mol. The first-order valence-corrected chi connectivity index (χ1v) is 9.51. The van der Waals surface area contributed by atoms with Gasteiger partial charge in [0.25, 0.3) is 0 Å². The zero-order valence-electron chi connectivity index (χ0n) is 16.1. The van der Waals surface area contributed by atoms with Crippen LogP contribution in [0.1, 0.15) is 32.3 Å². The van der Waals surface area contributed by atoms with Gasteiger partial charge in [-0.2, -0.15) is 0 Å². The maximum Gasteiger partial charge on any atom is 0.239 e. The van der Waals surface area contributed by atoms with Crippen LogP contribution >= 0.6 is 0 Å². The monoisotopic (exact) mass is 374 g/mol. The smallest absolute Gasteiger partial charge is 0.239 e. The summed E-state index contributed by atoms with van der Waals surface area (Å²) in [5, 5.41) is 5.43. The molecule has 7 nitrogen and oxygen atoms in total. The van der Waals surface area contributed by atoms with Crippen LogP contribution in [0.2, 0.25) is 0 Å². The molecule has 1 aliphatic heterocycles. The number of nitrogens with two attached hydrogens (primary N) is 1. The second-order valence-electron chi connectivity index (χ2n) is 7.37. The number of hydrogen-bond acceptors (Lipinski definition) is 4. The van der Waals surface area contributed by atoms with Gasteiger partial charge in [0.15, 0.2) is 0 Å². The Kier molecular flexibility index (Phi) is 7.79. The molecule has 1 fully saturated rings. The quantitative estimate of drug-likeness (QED) is 0.614. The van der Waals surface area contributed by atoms with Crippen LogP contribution in [0.3, 0.4) is 0 Å². The van der Waals surface area contributed by atoms with Gasteiger partial charge in [0.1, 0.15) is 0 Å². The van der Waals surface area contributed by atoms with Crippen molar-refractivity contribution in [3.63, 3.8) is 0 Å². The summed E-state index contributed by atoms with van der Waals surface area (Å²) in [5.41, 5.74) is 6.89. The van der Waals surface area contributed by atoms with Gasteiger partial charge in [0.05, 0.1) is 12.6 Å². The van der Waals surface area contributed by atoms with E-state index < -0.39 is 6.04 Å². The van der Waals surface area contributed by atoms with E-state index in [1.165, 1.54) is 0 Å². The third kappa shape index (κ3) is 6.67. The standard InChI is InChI=1S/C20H30N4O3/c1-14(2)19(21)20(27)22-12-17(25)23-16-10-11-24(13-16)18(26)9-8-15-6-4-3-5-7-15/h3-7,14,16,19H,8-13,21H2,1-2H3,(H,22,27)(H,23,25)/t16?,19-/m0/s1. The minimum absolute atomic E-state index is 0.0124. The SMILES string of the molecule is CC(C)[C@H](N)C(=O)NCC(=O)NC1CCN(C(=O)CCc2ccccc2)C1. The molecule has 0 bridgehead atoms. The Morgan fingerprint density at radius 1 is 1.22 bits per heavy atom. The molecule has 1 aromatic carbocycles. The van der Waals surface area contributed by atoms with Gasteiger partial charge >= 0.3 is 0 Å². The van der Waals surface area contributed by atoms with Gasteiger partial charge in [0, 0.05) is 25.6 Å². The summed E-state index contributed by atoms with van der Waals surface area (Å²) in [5.74, 6) is -0.475. The number of nitrogens with one attached hydrogen (secondary N) is 2. The molecule has 27 heavy (non-hydrogen) atoms. The van der Waals surface area contributed by atoms with E-state index in [9.17, 15) is 14.4 Å². The molecule has 1 aromatic rings. The molecule has 0 aromatic heterocycles. The molecule has 0 radical (unpaired) electrons. The molecule has 2 atom stereocenters. The molecule has 2 rings (SSSR count). The van der Waals surface area contributed by atoms with Crippen LogP contribution in [0.5, 0.6) is 0 Å². The van der Waals surface area contributed by atoms with Crippen molar-refractivity contribution in [2.45, 2.75) is 45.2 Å². The second kappa shape index (κ2) is 10.1. The van der Waals surface area contributed by atoms with Crippen LogP contribution in [0.15, 0.2) is 30.3 Å².